The molecular formula is C20H22FNO4. The Kier molecular flexibility index (Phi) is 7.61. The van der Waals surface area contributed by atoms with Gasteiger partial charge in [-0.25, -0.2) is 4.39 Å². The SMILES string of the molecule is CCOC(=O)C(CNC(=O)COc1cccc(F)c1)Cc1ccccc1. The van der Waals surface area contributed by atoms with Gasteiger partial charge in [-0.3, -0.25) is 9.59 Å². The quantitative estimate of drug-likeness (QED) is 0.699. The van der Waals surface area contributed by atoms with E-state index in [1.54, 1.807) is 13.0 Å². The predicted molar refractivity (Wildman–Crippen MR) is 95.2 cm³/mol. The molecule has 0 spiro atoms. The van der Waals surface area contributed by atoms with Crippen molar-refractivity contribution in [3.8, 4) is 5.75 Å². The van der Waals surface area contributed by atoms with Gasteiger partial charge in [0.2, 0.25) is 0 Å². The van der Waals surface area contributed by atoms with Gasteiger partial charge in [-0.1, -0.05) is 36.4 Å². The Balaban J connectivity index is 1.86. The van der Waals surface area contributed by atoms with Crippen molar-refractivity contribution in [2.45, 2.75) is 13.3 Å². The lowest BCUT2D eigenvalue weighted by atomic mass is 9.99. The summed E-state index contributed by atoms with van der Waals surface area (Å²) < 4.78 is 23.4. The zero-order valence-corrected chi connectivity index (χ0v) is 14.6. The third-order valence-corrected chi connectivity index (χ3v) is 3.66. The van der Waals surface area contributed by atoms with E-state index in [1.807, 2.05) is 30.3 Å². The van der Waals surface area contributed by atoms with Crippen LogP contribution in [0.5, 0.6) is 5.75 Å². The van der Waals surface area contributed by atoms with E-state index in [0.29, 0.717) is 6.42 Å². The molecule has 0 saturated heterocycles. The second-order valence-electron chi connectivity index (χ2n) is 5.69. The summed E-state index contributed by atoms with van der Waals surface area (Å²) in [6.07, 6.45) is 0.463. The minimum atomic E-state index is -0.490. The van der Waals surface area contributed by atoms with E-state index in [-0.39, 0.29) is 31.5 Å². The molecule has 5 nitrogen and oxygen atoms in total. The van der Waals surface area contributed by atoms with Gasteiger partial charge in [0.05, 0.1) is 12.5 Å². The van der Waals surface area contributed by atoms with Gasteiger partial charge in [-0.2, -0.15) is 0 Å². The molecule has 1 unspecified atom stereocenters. The third kappa shape index (κ3) is 6.55. The molecule has 0 aliphatic rings. The first kappa shape index (κ1) is 19.4. The van der Waals surface area contributed by atoms with E-state index in [9.17, 15) is 14.0 Å². The Labute approximate surface area is 152 Å². The van der Waals surface area contributed by atoms with Crippen molar-refractivity contribution >= 4 is 11.9 Å². The van der Waals surface area contributed by atoms with Crippen LogP contribution in [0.15, 0.2) is 54.6 Å². The number of nitrogens with one attached hydrogen (secondary N) is 1. The lowest BCUT2D eigenvalue weighted by molar-refractivity contribution is -0.147. The van der Waals surface area contributed by atoms with Gasteiger partial charge in [0.15, 0.2) is 6.61 Å². The molecular weight excluding hydrogens is 337 g/mol. The number of carbonyl (C=O) groups excluding carboxylic acids is 2. The van der Waals surface area contributed by atoms with Gasteiger partial charge in [0.25, 0.3) is 5.91 Å². The Bertz CT molecular complexity index is 721. The van der Waals surface area contributed by atoms with Crippen LogP contribution < -0.4 is 10.1 Å². The van der Waals surface area contributed by atoms with Crippen molar-refractivity contribution in [2.75, 3.05) is 19.8 Å². The van der Waals surface area contributed by atoms with E-state index in [1.165, 1.54) is 18.2 Å². The van der Waals surface area contributed by atoms with E-state index in [0.717, 1.165) is 5.56 Å². The topological polar surface area (TPSA) is 64.6 Å². The molecule has 138 valence electrons. The molecule has 0 bridgehead atoms. The smallest absolute Gasteiger partial charge is 0.311 e. The Morgan fingerprint density at radius 3 is 2.58 bits per heavy atom. The van der Waals surface area contributed by atoms with Gasteiger partial charge < -0.3 is 14.8 Å². The van der Waals surface area contributed by atoms with E-state index < -0.39 is 17.6 Å². The molecule has 0 fully saturated rings. The number of hydrogen-bond donors (Lipinski definition) is 1. The molecule has 1 N–H and O–H groups in total. The van der Waals surface area contributed by atoms with Crippen LogP contribution in [0.3, 0.4) is 0 Å². The van der Waals surface area contributed by atoms with Gasteiger partial charge in [-0.15, -0.1) is 0 Å². The van der Waals surface area contributed by atoms with Crippen molar-refractivity contribution in [3.63, 3.8) is 0 Å². The molecule has 0 saturated carbocycles. The molecule has 1 amide bonds. The molecule has 0 aromatic heterocycles. The summed E-state index contributed by atoms with van der Waals surface area (Å²) in [5.74, 6) is -1.41. The summed E-state index contributed by atoms with van der Waals surface area (Å²) in [6, 6.07) is 15.1. The highest BCUT2D eigenvalue weighted by Crippen LogP contribution is 2.12. The minimum Gasteiger partial charge on any atom is -0.484 e. The lowest BCUT2D eigenvalue weighted by Gasteiger charge is -2.16. The summed E-state index contributed by atoms with van der Waals surface area (Å²) in [4.78, 5) is 24.1. The number of benzene rings is 2. The molecule has 0 aliphatic carbocycles. The van der Waals surface area contributed by atoms with Crippen molar-refractivity contribution < 1.29 is 23.5 Å². The number of rotatable bonds is 9. The van der Waals surface area contributed by atoms with Crippen LogP contribution >= 0.6 is 0 Å². The van der Waals surface area contributed by atoms with Crippen molar-refractivity contribution in [2.24, 2.45) is 5.92 Å². The number of ether oxygens (including phenoxy) is 2. The number of esters is 1. The highest BCUT2D eigenvalue weighted by Gasteiger charge is 2.21. The predicted octanol–water partition coefficient (Wildman–Crippen LogP) is 2.74. The minimum absolute atomic E-state index is 0.138. The molecule has 2 aromatic carbocycles. The first-order valence-electron chi connectivity index (χ1n) is 8.44. The fourth-order valence-electron chi connectivity index (χ4n) is 2.39. The van der Waals surface area contributed by atoms with E-state index in [2.05, 4.69) is 5.32 Å². The summed E-state index contributed by atoms with van der Waals surface area (Å²) in [5, 5.41) is 2.67. The second-order valence-corrected chi connectivity index (χ2v) is 5.69. The number of hydrogen-bond acceptors (Lipinski definition) is 4. The van der Waals surface area contributed by atoms with E-state index >= 15 is 0 Å². The van der Waals surface area contributed by atoms with Crippen LogP contribution in [0.1, 0.15) is 12.5 Å². The normalized spacial score (nSPS) is 11.5. The van der Waals surface area contributed by atoms with Gasteiger partial charge in [0.1, 0.15) is 11.6 Å². The molecule has 2 aromatic rings. The average Bonchev–Trinajstić information content (AvgIpc) is 2.64. The standard InChI is InChI=1S/C20H22FNO4/c1-2-25-20(24)16(11-15-7-4-3-5-8-15)13-22-19(23)14-26-18-10-6-9-17(21)12-18/h3-10,12,16H,2,11,13-14H2,1H3,(H,22,23). The molecule has 6 heteroatoms. The van der Waals surface area contributed by atoms with Crippen LogP contribution in [-0.2, 0) is 20.7 Å². The van der Waals surface area contributed by atoms with Gasteiger partial charge in [-0.05, 0) is 31.0 Å². The molecule has 0 radical (unpaired) electrons. The Morgan fingerprint density at radius 2 is 1.88 bits per heavy atom. The van der Waals surface area contributed by atoms with Crippen molar-refractivity contribution in [1.29, 1.82) is 0 Å². The first-order valence-corrected chi connectivity index (χ1v) is 8.44. The fourth-order valence-corrected chi connectivity index (χ4v) is 2.39. The molecule has 2 rings (SSSR count). The average molecular weight is 359 g/mol. The monoisotopic (exact) mass is 359 g/mol. The lowest BCUT2D eigenvalue weighted by Crippen LogP contribution is -2.37. The highest BCUT2D eigenvalue weighted by atomic mass is 19.1. The second kappa shape index (κ2) is 10.2. The molecule has 0 heterocycles. The van der Waals surface area contributed by atoms with Crippen LogP contribution in [0, 0.1) is 11.7 Å². The number of halogens is 1. The summed E-state index contributed by atoms with van der Waals surface area (Å²) in [6.45, 7) is 1.90. The van der Waals surface area contributed by atoms with Crippen molar-refractivity contribution in [3.05, 3.63) is 66.0 Å². The maximum Gasteiger partial charge on any atom is 0.311 e. The maximum atomic E-state index is 13.1. The number of carbonyl (C=O) groups is 2. The van der Waals surface area contributed by atoms with Gasteiger partial charge in [0, 0.05) is 12.6 Å². The zero-order chi connectivity index (χ0) is 18.8. The third-order valence-electron chi connectivity index (χ3n) is 3.66. The molecule has 0 aliphatic heterocycles. The van der Waals surface area contributed by atoms with Crippen LogP contribution in [0.2, 0.25) is 0 Å². The molecule has 26 heavy (non-hydrogen) atoms. The Hall–Kier alpha value is -2.89. The fraction of sp³-hybridized carbons (Fsp3) is 0.300. The summed E-state index contributed by atoms with van der Waals surface area (Å²) in [5.41, 5.74) is 0.982. The Morgan fingerprint density at radius 1 is 1.12 bits per heavy atom. The summed E-state index contributed by atoms with van der Waals surface area (Å²) in [7, 11) is 0. The van der Waals surface area contributed by atoms with E-state index in [4.69, 9.17) is 9.47 Å². The zero-order valence-electron chi connectivity index (χ0n) is 14.6. The number of amides is 1. The highest BCUT2D eigenvalue weighted by molar-refractivity contribution is 5.79. The van der Waals surface area contributed by atoms with Crippen molar-refractivity contribution in [1.82, 2.24) is 5.32 Å². The first-order chi connectivity index (χ1) is 12.6. The van der Waals surface area contributed by atoms with Crippen LogP contribution in [-0.4, -0.2) is 31.6 Å². The summed E-state index contributed by atoms with van der Waals surface area (Å²) >= 11 is 0. The molecule has 1 atom stereocenters. The maximum absolute atomic E-state index is 13.1. The van der Waals surface area contributed by atoms with Gasteiger partial charge >= 0.3 is 5.97 Å². The largest absolute Gasteiger partial charge is 0.484 e. The van der Waals surface area contributed by atoms with Crippen LogP contribution in [0.25, 0.3) is 0 Å². The van der Waals surface area contributed by atoms with Crippen LogP contribution in [0.4, 0.5) is 4.39 Å².